The van der Waals surface area contributed by atoms with Crippen LogP contribution in [-0.2, 0) is 14.3 Å². The number of aliphatic carboxylic acids is 1. The highest BCUT2D eigenvalue weighted by Crippen LogP contribution is 2.44. The van der Waals surface area contributed by atoms with E-state index in [-0.39, 0.29) is 24.6 Å². The zero-order valence-electron chi connectivity index (χ0n) is 18.2. The van der Waals surface area contributed by atoms with E-state index in [0.29, 0.717) is 0 Å². The smallest absolute Gasteiger partial charge is 0.409 e. The molecule has 3 N–H and O–H groups in total. The highest BCUT2D eigenvalue weighted by atomic mass is 19.4. The maximum atomic E-state index is 13.4. The third-order valence-electron chi connectivity index (χ3n) is 5.47. The first-order chi connectivity index (χ1) is 16.1. The Morgan fingerprint density at radius 2 is 1.62 bits per heavy atom. The maximum absolute atomic E-state index is 13.4. The van der Waals surface area contributed by atoms with E-state index >= 15 is 0 Å². The fourth-order valence-corrected chi connectivity index (χ4v) is 3.69. The highest BCUT2D eigenvalue weighted by molar-refractivity contribution is 5.86. The van der Waals surface area contributed by atoms with Gasteiger partial charge in [0.1, 0.15) is 12.6 Å². The lowest BCUT2D eigenvalue weighted by atomic mass is 9.98. The number of halogens is 3. The van der Waals surface area contributed by atoms with Crippen LogP contribution < -0.4 is 10.6 Å². The van der Waals surface area contributed by atoms with Gasteiger partial charge >= 0.3 is 18.2 Å². The summed E-state index contributed by atoms with van der Waals surface area (Å²) in [5.74, 6) is -2.54. The fraction of sp³-hybridized carbons (Fsp3) is 0.292. The molecule has 1 aliphatic carbocycles. The quantitative estimate of drug-likeness (QED) is 0.500. The SMILES string of the molecule is C/C(=C\CNC(=O)CC(NC(=O)OCC1c2ccccc2-c2ccccc21)C(F)(F)F)C(=O)O. The summed E-state index contributed by atoms with van der Waals surface area (Å²) in [4.78, 5) is 34.8. The number of ether oxygens (including phenoxy) is 1. The Balaban J connectivity index is 1.60. The second-order valence-electron chi connectivity index (χ2n) is 7.76. The first-order valence-corrected chi connectivity index (χ1v) is 10.4. The molecular weight excluding hydrogens is 453 g/mol. The molecule has 0 saturated carbocycles. The standard InChI is InChI=1S/C24H23F3N2O5/c1-14(22(31)32)10-11-28-21(30)12-20(24(25,26)27)29-23(33)34-13-19-17-8-4-2-6-15(17)16-7-3-5-9-18(16)19/h2-10,19-20H,11-13H2,1H3,(H,28,30)(H,29,33)(H,31,32)/b14-10+. The van der Waals surface area contributed by atoms with Crippen molar-refractivity contribution in [1.29, 1.82) is 0 Å². The summed E-state index contributed by atoms with van der Waals surface area (Å²) in [7, 11) is 0. The van der Waals surface area contributed by atoms with Crippen LogP contribution in [0.4, 0.5) is 18.0 Å². The van der Waals surface area contributed by atoms with Crippen molar-refractivity contribution in [3.63, 3.8) is 0 Å². The lowest BCUT2D eigenvalue weighted by molar-refractivity contribution is -0.160. The molecule has 7 nitrogen and oxygen atoms in total. The number of carbonyl (C=O) groups excluding carboxylic acids is 2. The van der Waals surface area contributed by atoms with Crippen LogP contribution in [-0.4, -0.2) is 48.4 Å². The molecule has 0 heterocycles. The van der Waals surface area contributed by atoms with Crippen molar-refractivity contribution in [3.8, 4) is 11.1 Å². The minimum Gasteiger partial charge on any atom is -0.478 e. The summed E-state index contributed by atoms with van der Waals surface area (Å²) in [5, 5.41) is 12.6. The van der Waals surface area contributed by atoms with E-state index in [1.807, 2.05) is 48.5 Å². The van der Waals surface area contributed by atoms with Crippen LogP contribution in [0.25, 0.3) is 11.1 Å². The van der Waals surface area contributed by atoms with Crippen LogP contribution in [0.15, 0.2) is 60.2 Å². The molecule has 0 aliphatic heterocycles. The summed E-state index contributed by atoms with van der Waals surface area (Å²) >= 11 is 0. The van der Waals surface area contributed by atoms with Gasteiger partial charge in [0.2, 0.25) is 5.91 Å². The topological polar surface area (TPSA) is 105 Å². The van der Waals surface area contributed by atoms with Gasteiger partial charge in [-0.1, -0.05) is 54.6 Å². The number of hydrogen-bond acceptors (Lipinski definition) is 4. The van der Waals surface area contributed by atoms with Crippen LogP contribution in [0.1, 0.15) is 30.4 Å². The predicted octanol–water partition coefficient (Wildman–Crippen LogP) is 3.99. The molecular formula is C24H23F3N2O5. The van der Waals surface area contributed by atoms with E-state index in [4.69, 9.17) is 9.84 Å². The molecule has 10 heteroatoms. The normalized spacial score (nSPS) is 14.1. The molecule has 0 bridgehead atoms. The van der Waals surface area contributed by atoms with Gasteiger partial charge in [-0.25, -0.2) is 9.59 Å². The number of alkyl halides is 3. The van der Waals surface area contributed by atoms with Crippen molar-refractivity contribution in [3.05, 3.63) is 71.3 Å². The van der Waals surface area contributed by atoms with Crippen molar-refractivity contribution in [2.45, 2.75) is 31.5 Å². The molecule has 2 aromatic carbocycles. The van der Waals surface area contributed by atoms with E-state index < -0.39 is 36.6 Å². The van der Waals surface area contributed by atoms with E-state index in [1.54, 1.807) is 5.32 Å². The summed E-state index contributed by atoms with van der Waals surface area (Å²) in [6, 6.07) is 12.6. The van der Waals surface area contributed by atoms with E-state index in [0.717, 1.165) is 28.3 Å². The molecule has 2 amide bonds. The van der Waals surface area contributed by atoms with Crippen LogP contribution in [0.5, 0.6) is 0 Å². The second-order valence-corrected chi connectivity index (χ2v) is 7.76. The third-order valence-corrected chi connectivity index (χ3v) is 5.47. The Hall–Kier alpha value is -3.82. The van der Waals surface area contributed by atoms with Gasteiger partial charge in [0, 0.05) is 18.0 Å². The average Bonchev–Trinajstić information content (AvgIpc) is 3.10. The number of carboxylic acids is 1. The summed E-state index contributed by atoms with van der Waals surface area (Å²) < 4.78 is 45.3. The van der Waals surface area contributed by atoms with E-state index in [9.17, 15) is 27.6 Å². The van der Waals surface area contributed by atoms with Gasteiger partial charge in [-0.2, -0.15) is 13.2 Å². The molecule has 0 radical (unpaired) electrons. The Kier molecular flexibility index (Phi) is 7.60. The number of alkyl carbamates (subject to hydrolysis) is 1. The molecule has 0 fully saturated rings. The first-order valence-electron chi connectivity index (χ1n) is 10.4. The fourth-order valence-electron chi connectivity index (χ4n) is 3.69. The monoisotopic (exact) mass is 476 g/mol. The Labute approximate surface area is 193 Å². The summed E-state index contributed by atoms with van der Waals surface area (Å²) in [6.07, 6.45) is -6.11. The number of benzene rings is 2. The van der Waals surface area contributed by atoms with Crippen LogP contribution >= 0.6 is 0 Å². The number of carbonyl (C=O) groups is 3. The van der Waals surface area contributed by atoms with Gasteiger partial charge in [0.05, 0.1) is 6.42 Å². The zero-order chi connectivity index (χ0) is 24.9. The molecule has 3 rings (SSSR count). The highest BCUT2D eigenvalue weighted by Gasteiger charge is 2.42. The summed E-state index contributed by atoms with van der Waals surface area (Å²) in [5.41, 5.74) is 3.71. The largest absolute Gasteiger partial charge is 0.478 e. The Morgan fingerprint density at radius 1 is 1.06 bits per heavy atom. The lowest BCUT2D eigenvalue weighted by Crippen LogP contribution is -2.48. The van der Waals surface area contributed by atoms with Crippen molar-refractivity contribution in [1.82, 2.24) is 10.6 Å². The van der Waals surface area contributed by atoms with E-state index in [2.05, 4.69) is 5.32 Å². The van der Waals surface area contributed by atoms with Gasteiger partial charge in [-0.15, -0.1) is 0 Å². The maximum Gasteiger partial charge on any atom is 0.409 e. The minimum atomic E-state index is -4.89. The molecule has 1 unspecified atom stereocenters. The van der Waals surface area contributed by atoms with Gasteiger partial charge in [-0.05, 0) is 29.2 Å². The molecule has 180 valence electrons. The van der Waals surface area contributed by atoms with Gasteiger partial charge in [0.15, 0.2) is 0 Å². The number of nitrogens with one attached hydrogen (secondary N) is 2. The molecule has 1 atom stereocenters. The lowest BCUT2D eigenvalue weighted by Gasteiger charge is -2.22. The zero-order valence-corrected chi connectivity index (χ0v) is 18.2. The number of fused-ring (bicyclic) bond motifs is 3. The summed E-state index contributed by atoms with van der Waals surface area (Å²) in [6.45, 7) is 0.855. The number of hydrogen-bond donors (Lipinski definition) is 3. The van der Waals surface area contributed by atoms with Crippen LogP contribution in [0.3, 0.4) is 0 Å². The van der Waals surface area contributed by atoms with Gasteiger partial charge in [0.25, 0.3) is 0 Å². The molecule has 0 aromatic heterocycles. The van der Waals surface area contributed by atoms with Crippen molar-refractivity contribution >= 4 is 18.0 Å². The van der Waals surface area contributed by atoms with Crippen molar-refractivity contribution in [2.24, 2.45) is 0 Å². The average molecular weight is 476 g/mol. The minimum absolute atomic E-state index is 0.0653. The van der Waals surface area contributed by atoms with Gasteiger partial charge in [-0.3, -0.25) is 4.79 Å². The molecule has 2 aromatic rings. The van der Waals surface area contributed by atoms with Crippen molar-refractivity contribution < 1.29 is 37.4 Å². The molecule has 1 aliphatic rings. The number of rotatable bonds is 8. The van der Waals surface area contributed by atoms with Crippen LogP contribution in [0.2, 0.25) is 0 Å². The third kappa shape index (κ3) is 5.94. The number of carboxylic acid groups (broad SMARTS) is 1. The number of amides is 2. The van der Waals surface area contributed by atoms with Crippen molar-refractivity contribution in [2.75, 3.05) is 13.2 Å². The van der Waals surface area contributed by atoms with Gasteiger partial charge < -0.3 is 20.5 Å². The first kappa shape index (κ1) is 24.8. The predicted molar refractivity (Wildman–Crippen MR) is 117 cm³/mol. The Morgan fingerprint density at radius 3 is 2.15 bits per heavy atom. The molecule has 0 saturated heterocycles. The van der Waals surface area contributed by atoms with Crippen LogP contribution in [0, 0.1) is 0 Å². The Bertz CT molecular complexity index is 1070. The molecule has 34 heavy (non-hydrogen) atoms. The molecule has 0 spiro atoms. The van der Waals surface area contributed by atoms with E-state index in [1.165, 1.54) is 6.92 Å². The second kappa shape index (κ2) is 10.4.